The molecule has 148 valence electrons. The van der Waals surface area contributed by atoms with Crippen molar-refractivity contribution in [3.63, 3.8) is 0 Å². The van der Waals surface area contributed by atoms with Crippen LogP contribution < -0.4 is 10.6 Å². The lowest BCUT2D eigenvalue weighted by atomic mass is 10.0. The van der Waals surface area contributed by atoms with E-state index >= 15 is 0 Å². The molecule has 0 aliphatic carbocycles. The Kier molecular flexibility index (Phi) is 7.94. The first-order chi connectivity index (χ1) is 12.5. The fraction of sp³-hybridized carbons (Fsp3) is 0.800. The molecule has 2 rings (SSSR count). The predicted octanol–water partition coefficient (Wildman–Crippen LogP) is 2.33. The van der Waals surface area contributed by atoms with Gasteiger partial charge in [-0.2, -0.15) is 5.10 Å². The van der Waals surface area contributed by atoms with E-state index in [0.29, 0.717) is 6.04 Å². The van der Waals surface area contributed by atoms with Crippen LogP contribution in [0.3, 0.4) is 0 Å². The third kappa shape index (κ3) is 5.47. The summed E-state index contributed by atoms with van der Waals surface area (Å²) in [5.74, 6) is 1.65. The molecule has 0 atom stereocenters. The lowest BCUT2D eigenvalue weighted by Gasteiger charge is -2.34. The summed E-state index contributed by atoms with van der Waals surface area (Å²) in [6.45, 7) is 13.3. The lowest BCUT2D eigenvalue weighted by Crippen LogP contribution is -2.49. The van der Waals surface area contributed by atoms with E-state index in [4.69, 9.17) is 0 Å². The summed E-state index contributed by atoms with van der Waals surface area (Å²) in [6, 6.07) is 0.509. The van der Waals surface area contributed by atoms with Gasteiger partial charge in [-0.3, -0.25) is 9.67 Å². The molecule has 0 radical (unpaired) electrons. The van der Waals surface area contributed by atoms with Crippen LogP contribution in [-0.4, -0.2) is 53.4 Å². The molecule has 1 aliphatic rings. The molecule has 2 N–H and O–H groups in total. The average Bonchev–Trinajstić information content (AvgIpc) is 2.94. The molecular formula is C20H38N6. The van der Waals surface area contributed by atoms with E-state index in [2.05, 4.69) is 53.3 Å². The molecule has 2 heterocycles. The molecule has 0 unspecified atom stereocenters. The molecule has 1 fully saturated rings. The molecule has 0 saturated carbocycles. The highest BCUT2D eigenvalue weighted by Gasteiger charge is 2.21. The monoisotopic (exact) mass is 362 g/mol. The molecule has 1 aromatic heterocycles. The van der Waals surface area contributed by atoms with E-state index < -0.39 is 0 Å². The summed E-state index contributed by atoms with van der Waals surface area (Å²) in [6.07, 6.45) is 4.33. The molecule has 26 heavy (non-hydrogen) atoms. The third-order valence-corrected chi connectivity index (χ3v) is 5.24. The molecule has 0 bridgehead atoms. The number of rotatable bonds is 7. The molecule has 1 aliphatic heterocycles. The zero-order chi connectivity index (χ0) is 19.1. The van der Waals surface area contributed by atoms with Crippen LogP contribution in [0, 0.1) is 5.92 Å². The lowest BCUT2D eigenvalue weighted by molar-refractivity contribution is 0.187. The van der Waals surface area contributed by atoms with Crippen LogP contribution in [0.4, 0.5) is 0 Å². The normalized spacial score (nSPS) is 17.1. The first-order valence-corrected chi connectivity index (χ1v) is 10.2. The smallest absolute Gasteiger partial charge is 0.191 e. The van der Waals surface area contributed by atoms with Crippen LogP contribution in [0.1, 0.15) is 57.5 Å². The number of piperidine rings is 1. The Morgan fingerprint density at radius 2 is 1.92 bits per heavy atom. The van der Waals surface area contributed by atoms with E-state index in [9.17, 15) is 0 Å². The van der Waals surface area contributed by atoms with Gasteiger partial charge >= 0.3 is 0 Å². The average molecular weight is 363 g/mol. The zero-order valence-electron chi connectivity index (χ0n) is 17.6. The molecule has 0 amide bonds. The van der Waals surface area contributed by atoms with Gasteiger partial charge in [0, 0.05) is 57.6 Å². The minimum absolute atomic E-state index is 0.509. The van der Waals surface area contributed by atoms with Crippen molar-refractivity contribution in [2.24, 2.45) is 18.0 Å². The second-order valence-electron chi connectivity index (χ2n) is 7.74. The van der Waals surface area contributed by atoms with Crippen molar-refractivity contribution < 1.29 is 0 Å². The maximum Gasteiger partial charge on any atom is 0.191 e. The standard InChI is InChI=1S/C20H38N6/c1-7-18-17(19(8-2)25(6)24-18)13-22-20(21-5)23-16-9-11-26(12-10-16)14-15(3)4/h15-16H,7-14H2,1-6H3,(H2,21,22,23). The van der Waals surface area contributed by atoms with Crippen molar-refractivity contribution >= 4 is 5.96 Å². The number of aromatic nitrogens is 2. The quantitative estimate of drug-likeness (QED) is 0.577. The highest BCUT2D eigenvalue weighted by molar-refractivity contribution is 5.80. The van der Waals surface area contributed by atoms with Gasteiger partial charge < -0.3 is 15.5 Å². The maximum absolute atomic E-state index is 4.66. The topological polar surface area (TPSA) is 57.5 Å². The summed E-state index contributed by atoms with van der Waals surface area (Å²) in [5, 5.41) is 11.8. The van der Waals surface area contributed by atoms with Crippen molar-refractivity contribution in [2.75, 3.05) is 26.7 Å². The predicted molar refractivity (Wildman–Crippen MR) is 110 cm³/mol. The number of nitrogens with one attached hydrogen (secondary N) is 2. The van der Waals surface area contributed by atoms with Crippen LogP contribution in [0.2, 0.25) is 0 Å². The number of hydrogen-bond donors (Lipinski definition) is 2. The highest BCUT2D eigenvalue weighted by atomic mass is 15.3. The zero-order valence-corrected chi connectivity index (χ0v) is 17.6. The van der Waals surface area contributed by atoms with Crippen LogP contribution >= 0.6 is 0 Å². The molecule has 0 aromatic carbocycles. The first-order valence-electron chi connectivity index (χ1n) is 10.2. The number of likely N-dealkylation sites (tertiary alicyclic amines) is 1. The Hall–Kier alpha value is -1.56. The fourth-order valence-electron chi connectivity index (χ4n) is 3.93. The van der Waals surface area contributed by atoms with Gasteiger partial charge in [-0.15, -0.1) is 0 Å². The van der Waals surface area contributed by atoms with E-state index in [0.717, 1.165) is 31.3 Å². The summed E-state index contributed by atoms with van der Waals surface area (Å²) in [7, 11) is 3.90. The van der Waals surface area contributed by atoms with E-state index in [1.165, 1.54) is 49.4 Å². The molecule has 1 aromatic rings. The largest absolute Gasteiger partial charge is 0.354 e. The summed E-state index contributed by atoms with van der Waals surface area (Å²) >= 11 is 0. The molecule has 6 heteroatoms. The van der Waals surface area contributed by atoms with Crippen molar-refractivity contribution in [3.8, 4) is 0 Å². The van der Waals surface area contributed by atoms with Gasteiger partial charge in [-0.05, 0) is 31.6 Å². The summed E-state index contributed by atoms with van der Waals surface area (Å²) in [5.41, 5.74) is 3.83. The van der Waals surface area contributed by atoms with E-state index in [1.54, 1.807) is 0 Å². The minimum Gasteiger partial charge on any atom is -0.354 e. The molecule has 6 nitrogen and oxygen atoms in total. The van der Waals surface area contributed by atoms with Gasteiger partial charge in [-0.25, -0.2) is 0 Å². The Morgan fingerprint density at radius 3 is 2.46 bits per heavy atom. The second kappa shape index (κ2) is 9.95. The Balaban J connectivity index is 1.88. The number of nitrogens with zero attached hydrogens (tertiary/aromatic N) is 4. The highest BCUT2D eigenvalue weighted by Crippen LogP contribution is 2.15. The molecule has 0 spiro atoms. The second-order valence-corrected chi connectivity index (χ2v) is 7.74. The van der Waals surface area contributed by atoms with Gasteiger partial charge in [0.2, 0.25) is 0 Å². The van der Waals surface area contributed by atoms with Crippen molar-refractivity contribution in [3.05, 3.63) is 17.0 Å². The number of guanidine groups is 1. The Bertz CT molecular complexity index is 581. The van der Waals surface area contributed by atoms with Crippen LogP contribution in [0.25, 0.3) is 0 Å². The van der Waals surface area contributed by atoms with Crippen LogP contribution in [0.5, 0.6) is 0 Å². The van der Waals surface area contributed by atoms with Gasteiger partial charge in [0.05, 0.1) is 5.69 Å². The van der Waals surface area contributed by atoms with Gasteiger partial charge in [0.25, 0.3) is 0 Å². The van der Waals surface area contributed by atoms with Crippen LogP contribution in [0.15, 0.2) is 4.99 Å². The first kappa shape index (κ1) is 20.7. The fourth-order valence-corrected chi connectivity index (χ4v) is 3.93. The van der Waals surface area contributed by atoms with Crippen molar-refractivity contribution in [1.29, 1.82) is 0 Å². The Labute approximate surface area is 159 Å². The maximum atomic E-state index is 4.66. The van der Waals surface area contributed by atoms with Crippen molar-refractivity contribution in [2.45, 2.75) is 66.0 Å². The van der Waals surface area contributed by atoms with Gasteiger partial charge in [-0.1, -0.05) is 27.7 Å². The van der Waals surface area contributed by atoms with Gasteiger partial charge in [0.15, 0.2) is 5.96 Å². The summed E-state index contributed by atoms with van der Waals surface area (Å²) in [4.78, 5) is 7.02. The van der Waals surface area contributed by atoms with E-state index in [-0.39, 0.29) is 0 Å². The van der Waals surface area contributed by atoms with Crippen molar-refractivity contribution in [1.82, 2.24) is 25.3 Å². The number of aliphatic imine (C=N–C) groups is 1. The molecular weight excluding hydrogens is 324 g/mol. The SMILES string of the molecule is CCc1nn(C)c(CC)c1CNC(=NC)NC1CCN(CC(C)C)CC1. The summed E-state index contributed by atoms with van der Waals surface area (Å²) < 4.78 is 2.02. The third-order valence-electron chi connectivity index (χ3n) is 5.24. The minimum atomic E-state index is 0.509. The molecule has 1 saturated heterocycles. The number of hydrogen-bond acceptors (Lipinski definition) is 3. The van der Waals surface area contributed by atoms with Crippen LogP contribution in [-0.2, 0) is 26.4 Å². The van der Waals surface area contributed by atoms with E-state index in [1.807, 2.05) is 18.8 Å². The number of aryl methyl sites for hydroxylation is 2. The Morgan fingerprint density at radius 1 is 1.23 bits per heavy atom. The van der Waals surface area contributed by atoms with Gasteiger partial charge in [0.1, 0.15) is 0 Å².